The lowest BCUT2D eigenvalue weighted by molar-refractivity contribution is -0.121. The topological polar surface area (TPSA) is 51.9 Å². The molecule has 2 aromatic heterocycles. The van der Waals surface area contributed by atoms with E-state index >= 15 is 0 Å². The molecule has 26 heavy (non-hydrogen) atoms. The fraction of sp³-hybridized carbons (Fsp3) is 0.300. The zero-order chi connectivity index (χ0) is 18.4. The van der Waals surface area contributed by atoms with Crippen molar-refractivity contribution in [3.63, 3.8) is 0 Å². The lowest BCUT2D eigenvalue weighted by Crippen LogP contribution is -2.29. The van der Waals surface area contributed by atoms with Crippen LogP contribution in [0.5, 0.6) is 0 Å². The number of hydrogen-bond donors (Lipinski definition) is 1. The van der Waals surface area contributed by atoms with Crippen LogP contribution in [0, 0.1) is 6.92 Å². The lowest BCUT2D eigenvalue weighted by Gasteiger charge is -2.18. The number of hydrogen-bond acceptors (Lipinski definition) is 2. The minimum absolute atomic E-state index is 0.0508. The SMILES string of the molecule is Cc1nccn1CCNC(=O)C[C@@H](Cn1cccc1)c1ccc(Cl)cc1. The van der Waals surface area contributed by atoms with Crippen LogP contribution in [0.25, 0.3) is 0 Å². The third-order valence-corrected chi connectivity index (χ3v) is 4.72. The number of carbonyl (C=O) groups excluding carboxylic acids is 1. The molecule has 0 fully saturated rings. The van der Waals surface area contributed by atoms with Crippen LogP contribution in [0.2, 0.25) is 5.02 Å². The zero-order valence-electron chi connectivity index (χ0n) is 14.8. The first-order chi connectivity index (χ1) is 12.6. The molecule has 0 aliphatic rings. The van der Waals surface area contributed by atoms with Crippen molar-refractivity contribution in [1.82, 2.24) is 19.4 Å². The van der Waals surface area contributed by atoms with Crippen LogP contribution in [0.1, 0.15) is 23.7 Å². The van der Waals surface area contributed by atoms with Crippen LogP contribution in [0.15, 0.2) is 61.2 Å². The molecule has 0 aliphatic heterocycles. The van der Waals surface area contributed by atoms with Crippen molar-refractivity contribution in [2.45, 2.75) is 32.4 Å². The molecule has 3 rings (SSSR count). The largest absolute Gasteiger partial charge is 0.354 e. The normalized spacial score (nSPS) is 12.1. The van der Waals surface area contributed by atoms with Gasteiger partial charge in [-0.25, -0.2) is 4.98 Å². The van der Waals surface area contributed by atoms with Crippen molar-refractivity contribution in [3.05, 3.63) is 77.6 Å². The summed E-state index contributed by atoms with van der Waals surface area (Å²) in [4.78, 5) is 16.7. The maximum absolute atomic E-state index is 12.5. The average Bonchev–Trinajstić information content (AvgIpc) is 3.27. The minimum Gasteiger partial charge on any atom is -0.354 e. The molecule has 1 amide bonds. The molecule has 3 aromatic rings. The summed E-state index contributed by atoms with van der Waals surface area (Å²) in [6.07, 6.45) is 8.16. The second kappa shape index (κ2) is 8.72. The number of rotatable bonds is 8. The van der Waals surface area contributed by atoms with Crippen molar-refractivity contribution in [2.24, 2.45) is 0 Å². The summed E-state index contributed by atoms with van der Waals surface area (Å²) in [5, 5.41) is 3.72. The van der Waals surface area contributed by atoms with Gasteiger partial charge in [0.05, 0.1) is 0 Å². The Labute approximate surface area is 158 Å². The molecule has 0 saturated carbocycles. The van der Waals surface area contributed by atoms with E-state index in [1.807, 2.05) is 66.5 Å². The van der Waals surface area contributed by atoms with Gasteiger partial charge in [0.25, 0.3) is 0 Å². The molecule has 0 radical (unpaired) electrons. The third-order valence-electron chi connectivity index (χ3n) is 4.47. The Morgan fingerprint density at radius 3 is 2.58 bits per heavy atom. The highest BCUT2D eigenvalue weighted by Crippen LogP contribution is 2.23. The summed E-state index contributed by atoms with van der Waals surface area (Å²) in [5.41, 5.74) is 1.11. The Bertz CT molecular complexity index is 824. The van der Waals surface area contributed by atoms with E-state index < -0.39 is 0 Å². The monoisotopic (exact) mass is 370 g/mol. The van der Waals surface area contributed by atoms with Crippen molar-refractivity contribution in [3.8, 4) is 0 Å². The molecule has 0 spiro atoms. The van der Waals surface area contributed by atoms with E-state index in [1.165, 1.54) is 0 Å². The smallest absolute Gasteiger partial charge is 0.220 e. The Balaban J connectivity index is 1.60. The molecule has 1 N–H and O–H groups in total. The van der Waals surface area contributed by atoms with E-state index in [9.17, 15) is 4.79 Å². The molecule has 5 nitrogen and oxygen atoms in total. The second-order valence-corrected chi connectivity index (χ2v) is 6.79. The van der Waals surface area contributed by atoms with Crippen LogP contribution >= 0.6 is 11.6 Å². The van der Waals surface area contributed by atoms with Gasteiger partial charge in [-0.3, -0.25) is 4.79 Å². The van der Waals surface area contributed by atoms with Gasteiger partial charge >= 0.3 is 0 Å². The van der Waals surface area contributed by atoms with Gasteiger partial charge in [0, 0.05) is 61.8 Å². The van der Waals surface area contributed by atoms with Gasteiger partial charge in [-0.2, -0.15) is 0 Å². The number of halogens is 1. The van der Waals surface area contributed by atoms with Crippen LogP contribution < -0.4 is 5.32 Å². The second-order valence-electron chi connectivity index (χ2n) is 6.35. The number of aryl methyl sites for hydroxylation is 1. The van der Waals surface area contributed by atoms with Gasteiger partial charge < -0.3 is 14.5 Å². The Morgan fingerprint density at radius 2 is 1.92 bits per heavy atom. The van der Waals surface area contributed by atoms with Gasteiger partial charge in [-0.1, -0.05) is 23.7 Å². The number of aromatic nitrogens is 3. The van der Waals surface area contributed by atoms with Gasteiger partial charge in [-0.05, 0) is 36.8 Å². The quantitative estimate of drug-likeness (QED) is 0.658. The Morgan fingerprint density at radius 1 is 1.19 bits per heavy atom. The molecule has 1 aromatic carbocycles. The highest BCUT2D eigenvalue weighted by Gasteiger charge is 2.16. The molecule has 0 saturated heterocycles. The predicted molar refractivity (Wildman–Crippen MR) is 103 cm³/mol. The van der Waals surface area contributed by atoms with E-state index in [-0.39, 0.29) is 11.8 Å². The van der Waals surface area contributed by atoms with Gasteiger partial charge in [0.1, 0.15) is 5.82 Å². The molecular weight excluding hydrogens is 348 g/mol. The van der Waals surface area contributed by atoms with Crippen molar-refractivity contribution < 1.29 is 4.79 Å². The summed E-state index contributed by atoms with van der Waals surface area (Å²) in [6.45, 7) is 4.02. The molecule has 1 atom stereocenters. The predicted octanol–water partition coefficient (Wildman–Crippen LogP) is 3.64. The highest BCUT2D eigenvalue weighted by molar-refractivity contribution is 6.30. The number of amides is 1. The molecule has 2 heterocycles. The molecular formula is C20H23ClN4O. The third kappa shape index (κ3) is 4.99. The van der Waals surface area contributed by atoms with Gasteiger partial charge in [0.15, 0.2) is 0 Å². The van der Waals surface area contributed by atoms with E-state index in [1.54, 1.807) is 6.20 Å². The fourth-order valence-electron chi connectivity index (χ4n) is 3.02. The van der Waals surface area contributed by atoms with Crippen molar-refractivity contribution in [1.29, 1.82) is 0 Å². The van der Waals surface area contributed by atoms with Crippen LogP contribution in [-0.2, 0) is 17.9 Å². The number of carbonyl (C=O) groups is 1. The number of nitrogens with zero attached hydrogens (tertiary/aromatic N) is 3. The van der Waals surface area contributed by atoms with Crippen LogP contribution in [0.4, 0.5) is 0 Å². The average molecular weight is 371 g/mol. The standard InChI is InChI=1S/C20H23ClN4O/c1-16-22-8-12-25(16)13-9-23-20(26)14-18(15-24-10-2-3-11-24)17-4-6-19(21)7-5-17/h2-8,10-12,18H,9,13-15H2,1H3,(H,23,26)/t18-/m0/s1. The molecule has 6 heteroatoms. The molecule has 136 valence electrons. The van der Waals surface area contributed by atoms with E-state index in [2.05, 4.69) is 14.9 Å². The van der Waals surface area contributed by atoms with Crippen molar-refractivity contribution >= 4 is 17.5 Å². The number of benzene rings is 1. The van der Waals surface area contributed by atoms with Crippen LogP contribution in [0.3, 0.4) is 0 Å². The maximum atomic E-state index is 12.5. The van der Waals surface area contributed by atoms with Crippen molar-refractivity contribution in [2.75, 3.05) is 6.54 Å². The van der Waals surface area contributed by atoms with E-state index in [4.69, 9.17) is 11.6 Å². The molecule has 0 unspecified atom stereocenters. The van der Waals surface area contributed by atoms with Gasteiger partial charge in [-0.15, -0.1) is 0 Å². The van der Waals surface area contributed by atoms with E-state index in [0.717, 1.165) is 24.5 Å². The highest BCUT2D eigenvalue weighted by atomic mass is 35.5. The summed E-state index contributed by atoms with van der Waals surface area (Å²) in [7, 11) is 0. The minimum atomic E-state index is 0.0508. The van der Waals surface area contributed by atoms with Crippen LogP contribution in [-0.4, -0.2) is 26.6 Å². The first-order valence-electron chi connectivity index (χ1n) is 8.72. The summed E-state index contributed by atoms with van der Waals surface area (Å²) >= 11 is 6.00. The summed E-state index contributed by atoms with van der Waals surface area (Å²) in [5.74, 6) is 1.09. The summed E-state index contributed by atoms with van der Waals surface area (Å²) < 4.78 is 4.12. The zero-order valence-corrected chi connectivity index (χ0v) is 15.6. The fourth-order valence-corrected chi connectivity index (χ4v) is 3.15. The Kier molecular flexibility index (Phi) is 6.12. The lowest BCUT2D eigenvalue weighted by atomic mass is 9.95. The maximum Gasteiger partial charge on any atom is 0.220 e. The number of nitrogens with one attached hydrogen (secondary N) is 1. The molecule has 0 aliphatic carbocycles. The number of imidazole rings is 1. The molecule has 0 bridgehead atoms. The first kappa shape index (κ1) is 18.3. The van der Waals surface area contributed by atoms with E-state index in [0.29, 0.717) is 18.0 Å². The van der Waals surface area contributed by atoms with Gasteiger partial charge in [0.2, 0.25) is 5.91 Å². The first-order valence-corrected chi connectivity index (χ1v) is 9.10. The summed E-state index contributed by atoms with van der Waals surface area (Å²) in [6, 6.07) is 11.7. The Hall–Kier alpha value is -2.53.